The van der Waals surface area contributed by atoms with Crippen molar-refractivity contribution < 1.29 is 19.2 Å². The number of nitrogens with zero attached hydrogens (tertiary/aromatic N) is 2. The summed E-state index contributed by atoms with van der Waals surface area (Å²) in [4.78, 5) is 51.7. The zero-order chi connectivity index (χ0) is 19.7. The molecule has 0 spiro atoms. The SMILES string of the molecule is O=C(CN1C(=O)C(=O)N(CCc2cccs2)C1=O)Nc1ccc2c(c1)CCC2. The van der Waals surface area contributed by atoms with Crippen LogP contribution in [0.4, 0.5) is 10.5 Å². The quantitative estimate of drug-likeness (QED) is 0.598. The summed E-state index contributed by atoms with van der Waals surface area (Å²) in [6, 6.07) is 8.77. The maximum atomic E-state index is 12.5. The molecule has 1 aliphatic carbocycles. The summed E-state index contributed by atoms with van der Waals surface area (Å²) < 4.78 is 0. The molecule has 1 aromatic heterocycles. The second kappa shape index (κ2) is 7.55. The molecule has 2 aromatic rings. The van der Waals surface area contributed by atoms with Gasteiger partial charge in [0.05, 0.1) is 0 Å². The van der Waals surface area contributed by atoms with Gasteiger partial charge in [0.2, 0.25) is 5.91 Å². The summed E-state index contributed by atoms with van der Waals surface area (Å²) in [7, 11) is 0. The molecule has 1 N–H and O–H groups in total. The third-order valence-corrected chi connectivity index (χ3v) is 5.92. The molecule has 1 aliphatic heterocycles. The number of thiophene rings is 1. The van der Waals surface area contributed by atoms with Gasteiger partial charge in [-0.2, -0.15) is 0 Å². The highest BCUT2D eigenvalue weighted by Crippen LogP contribution is 2.25. The third kappa shape index (κ3) is 3.55. The topological polar surface area (TPSA) is 86.8 Å². The first-order valence-corrected chi connectivity index (χ1v) is 10.0. The van der Waals surface area contributed by atoms with E-state index in [0.29, 0.717) is 17.0 Å². The van der Waals surface area contributed by atoms with Crippen molar-refractivity contribution in [2.24, 2.45) is 0 Å². The van der Waals surface area contributed by atoms with Gasteiger partial charge in [0.1, 0.15) is 6.54 Å². The van der Waals surface area contributed by atoms with Crippen LogP contribution in [-0.2, 0) is 33.6 Å². The Labute approximate surface area is 165 Å². The van der Waals surface area contributed by atoms with Crippen LogP contribution in [0.15, 0.2) is 35.7 Å². The van der Waals surface area contributed by atoms with Crippen molar-refractivity contribution in [3.8, 4) is 0 Å². The van der Waals surface area contributed by atoms with Gasteiger partial charge in [0, 0.05) is 23.5 Å². The molecule has 5 amide bonds. The van der Waals surface area contributed by atoms with E-state index in [0.717, 1.165) is 29.0 Å². The number of hydrogen-bond acceptors (Lipinski definition) is 5. The Morgan fingerprint density at radius 1 is 1.04 bits per heavy atom. The predicted octanol–water partition coefficient (Wildman–Crippen LogP) is 2.21. The van der Waals surface area contributed by atoms with E-state index in [9.17, 15) is 19.2 Å². The van der Waals surface area contributed by atoms with Gasteiger partial charge >= 0.3 is 17.8 Å². The fourth-order valence-corrected chi connectivity index (χ4v) is 4.26. The van der Waals surface area contributed by atoms with Crippen molar-refractivity contribution in [2.75, 3.05) is 18.4 Å². The number of benzene rings is 1. The predicted molar refractivity (Wildman–Crippen MR) is 104 cm³/mol. The molecular weight excluding hydrogens is 378 g/mol. The maximum absolute atomic E-state index is 12.5. The van der Waals surface area contributed by atoms with E-state index in [1.54, 1.807) is 0 Å². The summed E-state index contributed by atoms with van der Waals surface area (Å²) in [6.45, 7) is -0.358. The van der Waals surface area contributed by atoms with Crippen LogP contribution in [0.2, 0.25) is 0 Å². The van der Waals surface area contributed by atoms with E-state index in [2.05, 4.69) is 5.32 Å². The first-order chi connectivity index (χ1) is 13.5. The number of imide groups is 2. The number of urea groups is 1. The second-order valence-electron chi connectivity index (χ2n) is 6.85. The summed E-state index contributed by atoms with van der Waals surface area (Å²) in [5.41, 5.74) is 3.13. The van der Waals surface area contributed by atoms with Crippen molar-refractivity contribution >= 4 is 40.8 Å². The number of fused-ring (bicyclic) bond motifs is 1. The van der Waals surface area contributed by atoms with E-state index in [-0.39, 0.29) is 6.54 Å². The summed E-state index contributed by atoms with van der Waals surface area (Å²) in [5, 5.41) is 4.62. The Morgan fingerprint density at radius 3 is 2.61 bits per heavy atom. The molecule has 0 saturated carbocycles. The maximum Gasteiger partial charge on any atom is 0.334 e. The lowest BCUT2D eigenvalue weighted by Gasteiger charge is -2.15. The molecule has 1 fully saturated rings. The zero-order valence-electron chi connectivity index (χ0n) is 15.1. The molecule has 0 atom stereocenters. The summed E-state index contributed by atoms with van der Waals surface area (Å²) in [6.07, 6.45) is 3.62. The summed E-state index contributed by atoms with van der Waals surface area (Å²) >= 11 is 1.52. The van der Waals surface area contributed by atoms with Crippen LogP contribution in [-0.4, -0.2) is 46.6 Å². The molecule has 1 saturated heterocycles. The highest BCUT2D eigenvalue weighted by Gasteiger charge is 2.44. The molecule has 144 valence electrons. The lowest BCUT2D eigenvalue weighted by Crippen LogP contribution is -2.39. The van der Waals surface area contributed by atoms with Crippen LogP contribution < -0.4 is 5.32 Å². The Kier molecular flexibility index (Phi) is 4.95. The second-order valence-corrected chi connectivity index (χ2v) is 7.88. The Bertz CT molecular complexity index is 954. The molecule has 0 radical (unpaired) electrons. The molecule has 0 unspecified atom stereocenters. The first kappa shape index (κ1) is 18.4. The number of anilines is 1. The standard InChI is InChI=1S/C20H19N3O4S/c24-17(21-15-7-6-13-3-1-4-14(13)11-15)12-23-19(26)18(25)22(20(23)27)9-8-16-5-2-10-28-16/h2,5-7,10-11H,1,3-4,8-9,12H2,(H,21,24). The van der Waals surface area contributed by atoms with E-state index < -0.39 is 30.3 Å². The van der Waals surface area contributed by atoms with Gasteiger partial charge < -0.3 is 5.32 Å². The van der Waals surface area contributed by atoms with E-state index in [1.807, 2.05) is 35.7 Å². The van der Waals surface area contributed by atoms with Gasteiger partial charge in [-0.3, -0.25) is 19.3 Å². The molecule has 0 bridgehead atoms. The van der Waals surface area contributed by atoms with E-state index in [1.165, 1.54) is 22.5 Å². The van der Waals surface area contributed by atoms with Crippen molar-refractivity contribution in [1.29, 1.82) is 0 Å². The first-order valence-electron chi connectivity index (χ1n) is 9.14. The number of hydrogen-bond donors (Lipinski definition) is 1. The minimum Gasteiger partial charge on any atom is -0.325 e. The highest BCUT2D eigenvalue weighted by atomic mass is 32.1. The minimum absolute atomic E-state index is 0.118. The molecular formula is C20H19N3O4S. The van der Waals surface area contributed by atoms with Crippen molar-refractivity contribution in [1.82, 2.24) is 9.80 Å². The van der Waals surface area contributed by atoms with Crippen molar-refractivity contribution in [3.63, 3.8) is 0 Å². The number of carbonyl (C=O) groups excluding carboxylic acids is 4. The fourth-order valence-electron chi connectivity index (χ4n) is 3.56. The van der Waals surface area contributed by atoms with Gasteiger partial charge in [-0.25, -0.2) is 9.69 Å². The lowest BCUT2D eigenvalue weighted by atomic mass is 10.1. The van der Waals surface area contributed by atoms with E-state index >= 15 is 0 Å². The normalized spacial score (nSPS) is 16.1. The average molecular weight is 397 g/mol. The average Bonchev–Trinajstić information content (AvgIpc) is 3.39. The molecule has 2 aliphatic rings. The number of carbonyl (C=O) groups is 4. The van der Waals surface area contributed by atoms with E-state index in [4.69, 9.17) is 0 Å². The third-order valence-electron chi connectivity index (χ3n) is 4.98. The summed E-state index contributed by atoms with van der Waals surface area (Å²) in [5.74, 6) is -2.35. The largest absolute Gasteiger partial charge is 0.334 e. The van der Waals surface area contributed by atoms with Gasteiger partial charge in [0.25, 0.3) is 0 Å². The van der Waals surface area contributed by atoms with Crippen molar-refractivity contribution in [3.05, 3.63) is 51.7 Å². The highest BCUT2D eigenvalue weighted by molar-refractivity contribution is 7.09. The number of aryl methyl sites for hydroxylation is 2. The molecule has 28 heavy (non-hydrogen) atoms. The zero-order valence-corrected chi connectivity index (χ0v) is 16.0. The molecule has 4 rings (SSSR count). The molecule has 1 aromatic carbocycles. The van der Waals surface area contributed by atoms with Crippen LogP contribution in [0.25, 0.3) is 0 Å². The molecule has 7 nitrogen and oxygen atoms in total. The van der Waals surface area contributed by atoms with Crippen LogP contribution in [0.3, 0.4) is 0 Å². The Hall–Kier alpha value is -3.00. The Morgan fingerprint density at radius 2 is 1.82 bits per heavy atom. The van der Waals surface area contributed by atoms with Gasteiger partial charge in [-0.1, -0.05) is 12.1 Å². The van der Waals surface area contributed by atoms with Gasteiger partial charge in [-0.05, 0) is 54.0 Å². The fraction of sp³-hybridized carbons (Fsp3) is 0.300. The number of amides is 5. The lowest BCUT2D eigenvalue weighted by molar-refractivity contribution is -0.143. The van der Waals surface area contributed by atoms with Crippen LogP contribution in [0.1, 0.15) is 22.4 Å². The smallest absolute Gasteiger partial charge is 0.325 e. The van der Waals surface area contributed by atoms with Crippen LogP contribution in [0, 0.1) is 0 Å². The van der Waals surface area contributed by atoms with Gasteiger partial charge in [0.15, 0.2) is 0 Å². The molecule has 2 heterocycles. The monoisotopic (exact) mass is 397 g/mol. The number of nitrogens with one attached hydrogen (secondary N) is 1. The molecule has 8 heteroatoms. The minimum atomic E-state index is -0.958. The van der Waals surface area contributed by atoms with Crippen LogP contribution in [0.5, 0.6) is 0 Å². The Balaban J connectivity index is 1.38. The van der Waals surface area contributed by atoms with Crippen LogP contribution >= 0.6 is 11.3 Å². The number of rotatable bonds is 6. The van der Waals surface area contributed by atoms with Crippen molar-refractivity contribution in [2.45, 2.75) is 25.7 Å². The van der Waals surface area contributed by atoms with Gasteiger partial charge in [-0.15, -0.1) is 11.3 Å².